The zero-order valence-corrected chi connectivity index (χ0v) is 13.3. The number of aromatic nitrogens is 2. The Bertz CT molecular complexity index is 592. The van der Waals surface area contributed by atoms with E-state index in [0.29, 0.717) is 22.8 Å². The van der Waals surface area contributed by atoms with E-state index in [1.54, 1.807) is 0 Å². The number of nitrogens with zero attached hydrogens (tertiary/aromatic N) is 3. The average molecular weight is 348 g/mol. The van der Waals surface area contributed by atoms with Gasteiger partial charge in [-0.1, -0.05) is 0 Å². The van der Waals surface area contributed by atoms with Gasteiger partial charge < -0.3 is 10.2 Å². The van der Waals surface area contributed by atoms with Gasteiger partial charge in [0.2, 0.25) is 5.91 Å². The van der Waals surface area contributed by atoms with Crippen LogP contribution in [0.5, 0.6) is 0 Å². The highest BCUT2D eigenvalue weighted by atomic mass is 19.3. The second-order valence-electron chi connectivity index (χ2n) is 6.54. The molecule has 0 aromatic carbocycles. The first-order chi connectivity index (χ1) is 11.3. The molecule has 2 unspecified atom stereocenters. The van der Waals surface area contributed by atoms with Crippen LogP contribution >= 0.6 is 0 Å². The minimum absolute atomic E-state index is 0.00803. The zero-order valence-electron chi connectivity index (χ0n) is 13.3. The number of nitrogens with one attached hydrogen (secondary N) is 1. The number of rotatable bonds is 5. The molecule has 0 radical (unpaired) electrons. The van der Waals surface area contributed by atoms with Crippen LogP contribution < -0.4 is 5.32 Å². The van der Waals surface area contributed by atoms with E-state index in [-0.39, 0.29) is 6.04 Å². The van der Waals surface area contributed by atoms with Crippen LogP contribution in [0.15, 0.2) is 6.07 Å². The molecular formula is C15H20F4N4O. The first-order valence-corrected chi connectivity index (χ1v) is 8.00. The van der Waals surface area contributed by atoms with E-state index in [0.717, 1.165) is 25.7 Å². The van der Waals surface area contributed by atoms with Gasteiger partial charge in [0.15, 0.2) is 0 Å². The molecule has 1 aromatic rings. The Morgan fingerprint density at radius 1 is 1.25 bits per heavy atom. The molecule has 0 aliphatic carbocycles. The molecule has 24 heavy (non-hydrogen) atoms. The summed E-state index contributed by atoms with van der Waals surface area (Å²) in [5, 5.41) is 6.27. The Balaban J connectivity index is 1.63. The van der Waals surface area contributed by atoms with Crippen molar-refractivity contribution in [1.82, 2.24) is 20.0 Å². The van der Waals surface area contributed by atoms with E-state index in [1.807, 2.05) is 0 Å². The number of hydrogen-bond donors (Lipinski definition) is 1. The summed E-state index contributed by atoms with van der Waals surface area (Å²) in [5.41, 5.74) is -1.40. The minimum atomic E-state index is -2.96. The lowest BCUT2D eigenvalue weighted by atomic mass is 9.98. The number of carbonyl (C=O) groups is 1. The molecule has 134 valence electrons. The second kappa shape index (κ2) is 6.70. The van der Waals surface area contributed by atoms with E-state index >= 15 is 0 Å². The van der Waals surface area contributed by atoms with Gasteiger partial charge in [0, 0.05) is 18.1 Å². The second-order valence-corrected chi connectivity index (χ2v) is 6.54. The molecule has 1 aromatic heterocycles. The highest BCUT2D eigenvalue weighted by Crippen LogP contribution is 2.34. The van der Waals surface area contributed by atoms with Gasteiger partial charge in [0.05, 0.1) is 0 Å². The fraction of sp³-hybridized carbons (Fsp3) is 0.733. The SMILES string of the molecule is CN1C2CCC1CC(NC(=O)Cn1nc(C(F)F)cc1C(F)F)C2. The summed E-state index contributed by atoms with van der Waals surface area (Å²) in [6, 6.07) is 1.51. The molecule has 1 N–H and O–H groups in total. The Morgan fingerprint density at radius 3 is 2.42 bits per heavy atom. The van der Waals surface area contributed by atoms with Crippen LogP contribution in [0.1, 0.15) is 49.9 Å². The number of hydrogen-bond acceptors (Lipinski definition) is 3. The van der Waals surface area contributed by atoms with Gasteiger partial charge in [0.1, 0.15) is 17.9 Å². The quantitative estimate of drug-likeness (QED) is 0.832. The van der Waals surface area contributed by atoms with E-state index < -0.39 is 36.7 Å². The third-order valence-electron chi connectivity index (χ3n) is 5.03. The number of halogens is 4. The standard InChI is InChI=1S/C15H20F4N4O/c1-22-9-2-3-10(22)5-8(4-9)20-13(24)7-23-12(15(18)19)6-11(21-23)14(16)17/h6,8-10,14-15H,2-5,7H2,1H3,(H,20,24). The van der Waals surface area contributed by atoms with Crippen molar-refractivity contribution in [2.45, 2.75) is 63.2 Å². The molecule has 3 heterocycles. The fourth-order valence-electron chi connectivity index (χ4n) is 3.80. The largest absolute Gasteiger partial charge is 0.352 e. The first kappa shape index (κ1) is 17.2. The molecule has 9 heteroatoms. The lowest BCUT2D eigenvalue weighted by Crippen LogP contribution is -2.49. The first-order valence-electron chi connectivity index (χ1n) is 8.00. The van der Waals surface area contributed by atoms with Gasteiger partial charge in [-0.25, -0.2) is 17.6 Å². The van der Waals surface area contributed by atoms with E-state index in [9.17, 15) is 22.4 Å². The van der Waals surface area contributed by atoms with Crippen molar-refractivity contribution < 1.29 is 22.4 Å². The third kappa shape index (κ3) is 3.40. The van der Waals surface area contributed by atoms with Crippen molar-refractivity contribution in [2.24, 2.45) is 0 Å². The molecular weight excluding hydrogens is 328 g/mol. The van der Waals surface area contributed by atoms with Gasteiger partial charge in [-0.3, -0.25) is 9.48 Å². The van der Waals surface area contributed by atoms with E-state index in [4.69, 9.17) is 0 Å². The number of piperidine rings is 1. The van der Waals surface area contributed by atoms with Crippen LogP contribution in [-0.4, -0.2) is 45.8 Å². The monoisotopic (exact) mass is 348 g/mol. The molecule has 2 saturated heterocycles. The average Bonchev–Trinajstić information content (AvgIpc) is 2.98. The Hall–Kier alpha value is -1.64. The molecule has 2 atom stereocenters. The minimum Gasteiger partial charge on any atom is -0.352 e. The normalized spacial score (nSPS) is 27.2. The van der Waals surface area contributed by atoms with Gasteiger partial charge in [0.25, 0.3) is 12.9 Å². The maximum atomic E-state index is 12.9. The summed E-state index contributed by atoms with van der Waals surface area (Å²) in [4.78, 5) is 14.5. The molecule has 0 spiro atoms. The van der Waals surface area contributed by atoms with Crippen LogP contribution in [-0.2, 0) is 11.3 Å². The Kier molecular flexibility index (Phi) is 4.80. The number of alkyl halides is 4. The van der Waals surface area contributed by atoms with Gasteiger partial charge in [-0.05, 0) is 38.8 Å². The summed E-state index contributed by atoms with van der Waals surface area (Å²) in [6.07, 6.45) is -2.07. The summed E-state index contributed by atoms with van der Waals surface area (Å²) in [6.45, 7) is -0.478. The fourth-order valence-corrected chi connectivity index (χ4v) is 3.80. The van der Waals surface area contributed by atoms with Crippen molar-refractivity contribution in [2.75, 3.05) is 7.05 Å². The van der Waals surface area contributed by atoms with Gasteiger partial charge in [-0.15, -0.1) is 0 Å². The zero-order chi connectivity index (χ0) is 17.4. The molecule has 2 aliphatic heterocycles. The smallest absolute Gasteiger partial charge is 0.282 e. The van der Waals surface area contributed by atoms with Crippen molar-refractivity contribution in [3.8, 4) is 0 Å². The van der Waals surface area contributed by atoms with Gasteiger partial charge >= 0.3 is 0 Å². The molecule has 5 nitrogen and oxygen atoms in total. The molecule has 0 saturated carbocycles. The summed E-state index contributed by atoms with van der Waals surface area (Å²) in [5.74, 6) is -0.477. The maximum absolute atomic E-state index is 12.9. The van der Waals surface area contributed by atoms with Crippen LogP contribution in [0.2, 0.25) is 0 Å². The highest BCUT2D eigenvalue weighted by Gasteiger charge is 2.38. The van der Waals surface area contributed by atoms with Crippen molar-refractivity contribution >= 4 is 5.91 Å². The Morgan fingerprint density at radius 2 is 1.88 bits per heavy atom. The van der Waals surface area contributed by atoms with Crippen LogP contribution in [0.4, 0.5) is 17.6 Å². The topological polar surface area (TPSA) is 50.2 Å². The third-order valence-corrected chi connectivity index (χ3v) is 5.03. The predicted octanol–water partition coefficient (Wildman–Crippen LogP) is 2.50. The number of carbonyl (C=O) groups excluding carboxylic acids is 1. The number of amides is 1. The van der Waals surface area contributed by atoms with E-state index in [2.05, 4.69) is 22.4 Å². The molecule has 3 rings (SSSR count). The summed E-state index contributed by atoms with van der Waals surface area (Å²) < 4.78 is 51.8. The molecule has 2 fully saturated rings. The van der Waals surface area contributed by atoms with Crippen LogP contribution in [0.3, 0.4) is 0 Å². The van der Waals surface area contributed by atoms with Crippen molar-refractivity contribution in [3.05, 3.63) is 17.5 Å². The van der Waals surface area contributed by atoms with Crippen molar-refractivity contribution in [1.29, 1.82) is 0 Å². The molecule has 2 aliphatic rings. The number of fused-ring (bicyclic) bond motifs is 2. The van der Waals surface area contributed by atoms with Crippen molar-refractivity contribution in [3.63, 3.8) is 0 Å². The lowest BCUT2D eigenvalue weighted by Gasteiger charge is -2.36. The molecule has 2 bridgehead atoms. The summed E-state index contributed by atoms with van der Waals surface area (Å²) >= 11 is 0. The maximum Gasteiger partial charge on any atom is 0.282 e. The summed E-state index contributed by atoms with van der Waals surface area (Å²) in [7, 11) is 2.07. The Labute approximate surface area is 137 Å². The predicted molar refractivity (Wildman–Crippen MR) is 77.9 cm³/mol. The van der Waals surface area contributed by atoms with Crippen LogP contribution in [0, 0.1) is 0 Å². The molecule has 1 amide bonds. The van der Waals surface area contributed by atoms with Gasteiger partial charge in [-0.2, -0.15) is 5.10 Å². The lowest BCUT2D eigenvalue weighted by molar-refractivity contribution is -0.123. The highest BCUT2D eigenvalue weighted by molar-refractivity contribution is 5.76. The van der Waals surface area contributed by atoms with E-state index in [1.165, 1.54) is 0 Å². The van der Waals surface area contributed by atoms with Crippen LogP contribution in [0.25, 0.3) is 0 Å².